The Morgan fingerprint density at radius 1 is 1.03 bits per heavy atom. The summed E-state index contributed by atoms with van der Waals surface area (Å²) in [6.07, 6.45) is 4.31. The maximum Gasteiger partial charge on any atom is 0.215 e. The van der Waals surface area contributed by atoms with E-state index in [2.05, 4.69) is 26.2 Å². The molecule has 1 aromatic carbocycles. The van der Waals surface area contributed by atoms with Crippen molar-refractivity contribution in [2.24, 2.45) is 0 Å². The van der Waals surface area contributed by atoms with Gasteiger partial charge in [0.15, 0.2) is 0 Å². The molecular weight excluding hydrogens is 426 g/mol. The average Bonchev–Trinajstić information content (AvgIpc) is 2.78. The zero-order valence-corrected chi connectivity index (χ0v) is 18.5. The molecule has 2 aliphatic rings. The zero-order valence-electron chi connectivity index (χ0n) is 17.0. The molecule has 0 bridgehead atoms. The first-order chi connectivity index (χ1) is 14.6. The van der Waals surface area contributed by atoms with E-state index >= 15 is 0 Å². The van der Waals surface area contributed by atoms with E-state index < -0.39 is 5.82 Å². The van der Waals surface area contributed by atoms with Crippen LogP contribution in [0.15, 0.2) is 24.3 Å². The molecule has 2 aliphatic heterocycles. The number of pyridine rings is 1. The van der Waals surface area contributed by atoms with E-state index in [1.165, 1.54) is 11.6 Å². The van der Waals surface area contributed by atoms with Gasteiger partial charge in [-0.2, -0.15) is 4.98 Å². The summed E-state index contributed by atoms with van der Waals surface area (Å²) >= 11 is 12.2. The standard InChI is InChI=1S/C22H27Cl2FN4O/c23-20-17(25)6-7-18(21(20)24)29-13-11-28(12-14-29)10-1-2-15-30-19-8-5-16-4-3-9-26-22(16)27-19/h5-8H,1-4,9-15H2,(H,26,27). The summed E-state index contributed by atoms with van der Waals surface area (Å²) in [5.41, 5.74) is 2.08. The number of aryl methyl sites for hydroxylation is 1. The largest absolute Gasteiger partial charge is 0.478 e. The quantitative estimate of drug-likeness (QED) is 0.479. The maximum atomic E-state index is 13.5. The molecule has 162 valence electrons. The van der Waals surface area contributed by atoms with Gasteiger partial charge in [0.25, 0.3) is 0 Å². The number of anilines is 2. The van der Waals surface area contributed by atoms with Crippen molar-refractivity contribution in [1.82, 2.24) is 9.88 Å². The summed E-state index contributed by atoms with van der Waals surface area (Å²) in [6.45, 7) is 6.30. The highest BCUT2D eigenvalue weighted by Gasteiger charge is 2.20. The summed E-state index contributed by atoms with van der Waals surface area (Å²) in [5.74, 6) is 1.19. The van der Waals surface area contributed by atoms with Crippen LogP contribution < -0.4 is 15.0 Å². The van der Waals surface area contributed by atoms with Crippen molar-refractivity contribution in [3.05, 3.63) is 45.7 Å². The third-order valence-electron chi connectivity index (χ3n) is 5.71. The molecule has 1 aromatic heterocycles. The van der Waals surface area contributed by atoms with Crippen molar-refractivity contribution >= 4 is 34.7 Å². The summed E-state index contributed by atoms with van der Waals surface area (Å²) < 4.78 is 19.3. The van der Waals surface area contributed by atoms with Gasteiger partial charge in [0.1, 0.15) is 11.6 Å². The lowest BCUT2D eigenvalue weighted by Crippen LogP contribution is -2.46. The van der Waals surface area contributed by atoms with Gasteiger partial charge >= 0.3 is 0 Å². The molecule has 1 saturated heterocycles. The van der Waals surface area contributed by atoms with Gasteiger partial charge in [-0.1, -0.05) is 23.2 Å². The number of piperazine rings is 1. The molecule has 0 amide bonds. The lowest BCUT2D eigenvalue weighted by Gasteiger charge is -2.36. The molecule has 0 saturated carbocycles. The van der Waals surface area contributed by atoms with Gasteiger partial charge in [-0.3, -0.25) is 4.90 Å². The van der Waals surface area contributed by atoms with Crippen molar-refractivity contribution in [3.8, 4) is 5.88 Å². The molecule has 2 aromatic rings. The van der Waals surface area contributed by atoms with Crippen molar-refractivity contribution < 1.29 is 9.13 Å². The van der Waals surface area contributed by atoms with E-state index in [1.807, 2.05) is 6.07 Å². The fourth-order valence-electron chi connectivity index (χ4n) is 3.98. The van der Waals surface area contributed by atoms with Gasteiger partial charge in [0.2, 0.25) is 5.88 Å². The molecule has 0 spiro atoms. The summed E-state index contributed by atoms with van der Waals surface area (Å²) in [5, 5.41) is 3.64. The predicted molar refractivity (Wildman–Crippen MR) is 121 cm³/mol. The van der Waals surface area contributed by atoms with Gasteiger partial charge in [-0.05, 0) is 56.0 Å². The number of ether oxygens (including phenoxy) is 1. The normalized spacial score (nSPS) is 16.8. The van der Waals surface area contributed by atoms with E-state index in [9.17, 15) is 4.39 Å². The molecule has 8 heteroatoms. The molecule has 3 heterocycles. The van der Waals surface area contributed by atoms with Crippen LogP contribution in [0.5, 0.6) is 5.88 Å². The molecule has 0 radical (unpaired) electrons. The Hall–Kier alpha value is -1.76. The second kappa shape index (κ2) is 10.0. The van der Waals surface area contributed by atoms with Gasteiger partial charge in [-0.25, -0.2) is 4.39 Å². The van der Waals surface area contributed by atoms with Crippen LogP contribution in [0.4, 0.5) is 15.9 Å². The number of nitrogens with zero attached hydrogens (tertiary/aromatic N) is 3. The highest BCUT2D eigenvalue weighted by Crippen LogP contribution is 2.35. The zero-order chi connectivity index (χ0) is 20.9. The fraction of sp³-hybridized carbons (Fsp3) is 0.500. The van der Waals surface area contributed by atoms with Crippen LogP contribution in [0, 0.1) is 5.82 Å². The van der Waals surface area contributed by atoms with Crippen molar-refractivity contribution in [3.63, 3.8) is 0 Å². The minimum absolute atomic E-state index is 0.000735. The van der Waals surface area contributed by atoms with Crippen LogP contribution in [0.25, 0.3) is 0 Å². The SMILES string of the molecule is Fc1ccc(N2CCN(CCCCOc3ccc4c(n3)NCCC4)CC2)c(Cl)c1Cl. The van der Waals surface area contributed by atoms with E-state index in [0.29, 0.717) is 17.5 Å². The Morgan fingerprint density at radius 3 is 2.70 bits per heavy atom. The molecule has 0 atom stereocenters. The molecule has 0 unspecified atom stereocenters. The molecule has 4 rings (SSSR count). The molecule has 5 nitrogen and oxygen atoms in total. The Morgan fingerprint density at radius 2 is 1.87 bits per heavy atom. The highest BCUT2D eigenvalue weighted by molar-refractivity contribution is 6.43. The number of fused-ring (bicyclic) bond motifs is 1. The first-order valence-electron chi connectivity index (χ1n) is 10.6. The van der Waals surface area contributed by atoms with Crippen LogP contribution in [-0.2, 0) is 6.42 Å². The lowest BCUT2D eigenvalue weighted by molar-refractivity contribution is 0.236. The minimum atomic E-state index is -0.479. The van der Waals surface area contributed by atoms with E-state index in [4.69, 9.17) is 27.9 Å². The van der Waals surface area contributed by atoms with E-state index in [1.54, 1.807) is 6.07 Å². The molecular formula is C22H27Cl2FN4O. The van der Waals surface area contributed by atoms with Crippen molar-refractivity contribution in [2.45, 2.75) is 25.7 Å². The number of rotatable bonds is 7. The Bertz CT molecular complexity index is 874. The highest BCUT2D eigenvalue weighted by atomic mass is 35.5. The smallest absolute Gasteiger partial charge is 0.215 e. The molecule has 30 heavy (non-hydrogen) atoms. The average molecular weight is 453 g/mol. The van der Waals surface area contributed by atoms with Gasteiger partial charge < -0.3 is 15.0 Å². The monoisotopic (exact) mass is 452 g/mol. The fourth-order valence-corrected chi connectivity index (χ4v) is 4.41. The Labute approximate surface area is 187 Å². The van der Waals surface area contributed by atoms with E-state index in [0.717, 1.165) is 76.5 Å². The number of hydrogen-bond donors (Lipinski definition) is 1. The van der Waals surface area contributed by atoms with Crippen LogP contribution in [-0.4, -0.2) is 55.8 Å². The minimum Gasteiger partial charge on any atom is -0.478 e. The maximum absolute atomic E-state index is 13.5. The third-order valence-corrected chi connectivity index (χ3v) is 6.56. The lowest BCUT2D eigenvalue weighted by atomic mass is 10.1. The van der Waals surface area contributed by atoms with Crippen LogP contribution in [0.3, 0.4) is 0 Å². The van der Waals surface area contributed by atoms with Gasteiger partial charge in [-0.15, -0.1) is 0 Å². The van der Waals surface area contributed by atoms with Gasteiger partial charge in [0, 0.05) is 38.8 Å². The van der Waals surface area contributed by atoms with Crippen LogP contribution in [0.1, 0.15) is 24.8 Å². The van der Waals surface area contributed by atoms with Crippen molar-refractivity contribution in [2.75, 3.05) is 56.1 Å². The summed E-state index contributed by atoms with van der Waals surface area (Å²) in [4.78, 5) is 9.17. The Balaban J connectivity index is 1.16. The number of benzene rings is 1. The van der Waals surface area contributed by atoms with Crippen molar-refractivity contribution in [1.29, 1.82) is 0 Å². The molecule has 1 fully saturated rings. The first kappa shape index (κ1) is 21.5. The summed E-state index contributed by atoms with van der Waals surface area (Å²) in [7, 11) is 0. The number of unbranched alkanes of at least 4 members (excludes halogenated alkanes) is 1. The van der Waals surface area contributed by atoms with E-state index in [-0.39, 0.29) is 5.02 Å². The topological polar surface area (TPSA) is 40.6 Å². The predicted octanol–water partition coefficient (Wildman–Crippen LogP) is 4.87. The second-order valence-corrected chi connectivity index (χ2v) is 8.52. The number of aromatic nitrogens is 1. The number of halogens is 3. The van der Waals surface area contributed by atoms with Crippen LogP contribution >= 0.6 is 23.2 Å². The first-order valence-corrected chi connectivity index (χ1v) is 11.3. The molecule has 1 N–H and O–H groups in total. The second-order valence-electron chi connectivity index (χ2n) is 7.77. The molecule has 0 aliphatic carbocycles. The summed E-state index contributed by atoms with van der Waals surface area (Å²) in [6, 6.07) is 7.17. The third kappa shape index (κ3) is 5.10. The number of nitrogens with one attached hydrogen (secondary N) is 1. The van der Waals surface area contributed by atoms with Gasteiger partial charge in [0.05, 0.1) is 22.3 Å². The number of hydrogen-bond acceptors (Lipinski definition) is 5. The van der Waals surface area contributed by atoms with Crippen LogP contribution in [0.2, 0.25) is 10.0 Å². The Kier molecular flexibility index (Phi) is 7.18.